The lowest BCUT2D eigenvalue weighted by atomic mass is 9.98. The monoisotopic (exact) mass is 237 g/mol. The third kappa shape index (κ3) is 7.01. The molecule has 0 aliphatic heterocycles. The van der Waals surface area contributed by atoms with Gasteiger partial charge in [-0.3, -0.25) is 0 Å². The molecule has 2 heteroatoms. The highest BCUT2D eigenvalue weighted by molar-refractivity contribution is 5.27. The number of nitrogens with zero attached hydrogens (tertiary/aromatic N) is 1. The van der Waals surface area contributed by atoms with Crippen LogP contribution in [0.2, 0.25) is 0 Å². The van der Waals surface area contributed by atoms with E-state index in [9.17, 15) is 0 Å². The second kappa shape index (κ2) is 9.06. The highest BCUT2D eigenvalue weighted by Crippen LogP contribution is 2.17. The van der Waals surface area contributed by atoms with Crippen LogP contribution in [0, 0.1) is 5.92 Å². The third-order valence-electron chi connectivity index (χ3n) is 2.82. The Kier molecular flexibility index (Phi) is 8.51. The van der Waals surface area contributed by atoms with Gasteiger partial charge in [0.2, 0.25) is 0 Å². The van der Waals surface area contributed by atoms with Crippen LogP contribution in [0.4, 0.5) is 0 Å². The molecule has 98 valence electrons. The van der Waals surface area contributed by atoms with Crippen molar-refractivity contribution in [3.8, 4) is 0 Å². The molecule has 0 aromatic rings. The SMILES string of the molecule is C=C/C(=C\C(=C/C)OCCN(C)C)C(C)CC. The molecule has 0 saturated carbocycles. The van der Waals surface area contributed by atoms with Crippen LogP contribution in [0.5, 0.6) is 0 Å². The van der Waals surface area contributed by atoms with Crippen LogP contribution in [-0.2, 0) is 4.74 Å². The zero-order chi connectivity index (χ0) is 13.3. The molecule has 0 aromatic carbocycles. The molecular formula is C15H27NO. The van der Waals surface area contributed by atoms with Crippen molar-refractivity contribution in [1.82, 2.24) is 4.90 Å². The van der Waals surface area contributed by atoms with E-state index in [0.717, 1.165) is 18.7 Å². The van der Waals surface area contributed by atoms with Crippen molar-refractivity contribution < 1.29 is 4.74 Å². The van der Waals surface area contributed by atoms with E-state index in [1.807, 2.05) is 33.2 Å². The molecule has 0 aliphatic rings. The molecule has 0 heterocycles. The summed E-state index contributed by atoms with van der Waals surface area (Å²) in [4.78, 5) is 2.11. The molecule has 0 aromatic heterocycles. The maximum Gasteiger partial charge on any atom is 0.115 e. The molecule has 1 atom stereocenters. The molecule has 0 radical (unpaired) electrons. The van der Waals surface area contributed by atoms with Gasteiger partial charge >= 0.3 is 0 Å². The van der Waals surface area contributed by atoms with Gasteiger partial charge in [0, 0.05) is 6.54 Å². The van der Waals surface area contributed by atoms with Gasteiger partial charge in [-0.2, -0.15) is 0 Å². The van der Waals surface area contributed by atoms with Gasteiger partial charge in [-0.25, -0.2) is 0 Å². The fourth-order valence-electron chi connectivity index (χ4n) is 1.36. The minimum atomic E-state index is 0.528. The van der Waals surface area contributed by atoms with Crippen molar-refractivity contribution in [3.63, 3.8) is 0 Å². The van der Waals surface area contributed by atoms with Gasteiger partial charge in [0.1, 0.15) is 12.4 Å². The van der Waals surface area contributed by atoms with Gasteiger partial charge < -0.3 is 9.64 Å². The second-order valence-electron chi connectivity index (χ2n) is 4.50. The van der Waals surface area contributed by atoms with Crippen LogP contribution in [0.1, 0.15) is 27.2 Å². The van der Waals surface area contributed by atoms with Crippen LogP contribution >= 0.6 is 0 Å². The van der Waals surface area contributed by atoms with Gasteiger partial charge in [-0.05, 0) is 51.1 Å². The van der Waals surface area contributed by atoms with Crippen LogP contribution in [0.3, 0.4) is 0 Å². The first-order valence-corrected chi connectivity index (χ1v) is 6.33. The molecule has 1 unspecified atom stereocenters. The Labute approximate surface area is 107 Å². The molecule has 0 spiro atoms. The van der Waals surface area contributed by atoms with E-state index >= 15 is 0 Å². The molecule has 0 fully saturated rings. The van der Waals surface area contributed by atoms with Crippen molar-refractivity contribution in [2.45, 2.75) is 27.2 Å². The van der Waals surface area contributed by atoms with E-state index < -0.39 is 0 Å². The van der Waals surface area contributed by atoms with Crippen molar-refractivity contribution in [3.05, 3.63) is 36.1 Å². The Bertz CT molecular complexity index is 277. The molecule has 0 amide bonds. The highest BCUT2D eigenvalue weighted by Gasteiger charge is 2.04. The largest absolute Gasteiger partial charge is 0.493 e. The normalized spacial score (nSPS) is 14.9. The Balaban J connectivity index is 4.45. The van der Waals surface area contributed by atoms with Crippen molar-refractivity contribution in [2.24, 2.45) is 5.92 Å². The fraction of sp³-hybridized carbons (Fsp3) is 0.600. The first kappa shape index (κ1) is 16.0. The van der Waals surface area contributed by atoms with Gasteiger partial charge in [-0.1, -0.05) is 26.5 Å². The van der Waals surface area contributed by atoms with E-state index in [-0.39, 0.29) is 0 Å². The maximum atomic E-state index is 5.72. The molecule has 0 saturated heterocycles. The lowest BCUT2D eigenvalue weighted by Crippen LogP contribution is -2.17. The Morgan fingerprint density at radius 2 is 2.06 bits per heavy atom. The van der Waals surface area contributed by atoms with Gasteiger partial charge in [0.05, 0.1) is 0 Å². The molecule has 2 nitrogen and oxygen atoms in total. The van der Waals surface area contributed by atoms with Crippen molar-refractivity contribution >= 4 is 0 Å². The average molecular weight is 237 g/mol. The van der Waals surface area contributed by atoms with E-state index in [1.54, 1.807) is 0 Å². The summed E-state index contributed by atoms with van der Waals surface area (Å²) in [6, 6.07) is 0. The van der Waals surface area contributed by atoms with Gasteiger partial charge in [-0.15, -0.1) is 0 Å². The third-order valence-corrected chi connectivity index (χ3v) is 2.82. The molecule has 0 aliphatic carbocycles. The zero-order valence-corrected chi connectivity index (χ0v) is 12.0. The molecule has 17 heavy (non-hydrogen) atoms. The van der Waals surface area contributed by atoms with Crippen molar-refractivity contribution in [1.29, 1.82) is 0 Å². The summed E-state index contributed by atoms with van der Waals surface area (Å²) < 4.78 is 5.72. The van der Waals surface area contributed by atoms with E-state index in [4.69, 9.17) is 4.74 Å². The summed E-state index contributed by atoms with van der Waals surface area (Å²) in [6.07, 6.45) is 7.14. The lowest BCUT2D eigenvalue weighted by Gasteiger charge is -2.14. The molecule has 0 N–H and O–H groups in total. The number of hydrogen-bond acceptors (Lipinski definition) is 2. The zero-order valence-electron chi connectivity index (χ0n) is 12.0. The standard InChI is InChI=1S/C15H27NO/c1-7-13(4)14(8-2)12-15(9-3)17-11-10-16(5)6/h8-9,12-13H,2,7,10-11H2,1,3-6H3/b14-12+,15-9+. The van der Waals surface area contributed by atoms with Gasteiger partial charge in [0.25, 0.3) is 0 Å². The van der Waals surface area contributed by atoms with E-state index in [0.29, 0.717) is 12.5 Å². The quantitative estimate of drug-likeness (QED) is 0.472. The topological polar surface area (TPSA) is 12.5 Å². The lowest BCUT2D eigenvalue weighted by molar-refractivity contribution is 0.192. The first-order valence-electron chi connectivity index (χ1n) is 6.33. The molecule has 0 bridgehead atoms. The maximum absolute atomic E-state index is 5.72. The van der Waals surface area contributed by atoms with Crippen LogP contribution in [0.25, 0.3) is 0 Å². The smallest absolute Gasteiger partial charge is 0.115 e. The summed E-state index contributed by atoms with van der Waals surface area (Å²) in [5, 5.41) is 0. The van der Waals surface area contributed by atoms with E-state index in [1.165, 1.54) is 5.57 Å². The summed E-state index contributed by atoms with van der Waals surface area (Å²) in [6.45, 7) is 11.9. The molecular weight excluding hydrogens is 210 g/mol. The number of hydrogen-bond donors (Lipinski definition) is 0. The number of ether oxygens (including phenoxy) is 1. The van der Waals surface area contributed by atoms with Crippen molar-refractivity contribution in [2.75, 3.05) is 27.2 Å². The summed E-state index contributed by atoms with van der Waals surface area (Å²) in [5.41, 5.74) is 1.24. The van der Waals surface area contributed by atoms with Gasteiger partial charge in [0.15, 0.2) is 0 Å². The minimum Gasteiger partial charge on any atom is -0.493 e. The summed E-state index contributed by atoms with van der Waals surface area (Å²) >= 11 is 0. The first-order chi connectivity index (χ1) is 8.04. The molecule has 0 rings (SSSR count). The second-order valence-corrected chi connectivity index (χ2v) is 4.50. The predicted molar refractivity (Wildman–Crippen MR) is 76.0 cm³/mol. The van der Waals surface area contributed by atoms with Crippen LogP contribution in [0.15, 0.2) is 36.1 Å². The Morgan fingerprint density at radius 3 is 2.47 bits per heavy atom. The summed E-state index contributed by atoms with van der Waals surface area (Å²) in [5.74, 6) is 1.46. The van der Waals surface area contributed by atoms with E-state index in [2.05, 4.69) is 31.4 Å². The highest BCUT2D eigenvalue weighted by atomic mass is 16.5. The summed E-state index contributed by atoms with van der Waals surface area (Å²) in [7, 11) is 4.09. The van der Waals surface area contributed by atoms with Crippen LogP contribution in [-0.4, -0.2) is 32.1 Å². The Hall–Kier alpha value is -1.02. The number of rotatable bonds is 8. The average Bonchev–Trinajstić information content (AvgIpc) is 2.32. The number of allylic oxidation sites excluding steroid dienone is 4. The predicted octanol–water partition coefficient (Wildman–Crippen LogP) is 3.63. The van der Waals surface area contributed by atoms with Crippen LogP contribution < -0.4 is 0 Å². The fourth-order valence-corrected chi connectivity index (χ4v) is 1.36. The Morgan fingerprint density at radius 1 is 1.41 bits per heavy atom. The number of likely N-dealkylation sites (N-methyl/N-ethyl adjacent to an activating group) is 1. The minimum absolute atomic E-state index is 0.528.